The second-order valence-electron chi connectivity index (χ2n) is 7.07. The minimum atomic E-state index is 0.0906. The summed E-state index contributed by atoms with van der Waals surface area (Å²) in [7, 11) is 2.16. The Hall–Kier alpha value is -1.59. The van der Waals surface area contributed by atoms with E-state index in [-0.39, 0.29) is 5.91 Å². The van der Waals surface area contributed by atoms with Crippen molar-refractivity contribution in [2.45, 2.75) is 38.1 Å². The Morgan fingerprint density at radius 3 is 2.42 bits per heavy atom. The summed E-state index contributed by atoms with van der Waals surface area (Å²) in [4.78, 5) is 16.8. The van der Waals surface area contributed by atoms with Crippen LogP contribution in [0.15, 0.2) is 24.3 Å². The number of benzene rings is 1. The zero-order chi connectivity index (χ0) is 16.8. The lowest BCUT2D eigenvalue weighted by Gasteiger charge is -2.34. The fourth-order valence-corrected chi connectivity index (χ4v) is 3.56. The number of rotatable bonds is 6. The fourth-order valence-electron chi connectivity index (χ4n) is 3.56. The van der Waals surface area contributed by atoms with E-state index < -0.39 is 0 Å². The summed E-state index contributed by atoms with van der Waals surface area (Å²) in [6.07, 6.45) is 5.70. The molecule has 1 heterocycles. The van der Waals surface area contributed by atoms with Gasteiger partial charge in [0.05, 0.1) is 0 Å². The van der Waals surface area contributed by atoms with Gasteiger partial charge in [0.25, 0.3) is 0 Å². The van der Waals surface area contributed by atoms with Gasteiger partial charge in [-0.25, -0.2) is 0 Å². The molecule has 0 spiro atoms. The van der Waals surface area contributed by atoms with Gasteiger partial charge in [0.2, 0.25) is 5.91 Å². The van der Waals surface area contributed by atoms with Gasteiger partial charge in [-0.05, 0) is 44.2 Å². The number of carbonyl (C=O) groups excluding carboxylic acids is 1. The molecule has 1 saturated heterocycles. The molecule has 1 aromatic carbocycles. The minimum absolute atomic E-state index is 0.0906. The topological polar surface area (TPSA) is 47.6 Å². The van der Waals surface area contributed by atoms with Gasteiger partial charge in [0, 0.05) is 56.6 Å². The first kappa shape index (κ1) is 17.2. The van der Waals surface area contributed by atoms with Crippen LogP contribution < -0.4 is 15.5 Å². The van der Waals surface area contributed by atoms with Crippen molar-refractivity contribution in [3.05, 3.63) is 24.3 Å². The third-order valence-corrected chi connectivity index (χ3v) is 5.16. The lowest BCUT2D eigenvalue weighted by molar-refractivity contribution is -0.116. The molecule has 3 rings (SSSR count). The molecule has 1 amide bonds. The van der Waals surface area contributed by atoms with Crippen molar-refractivity contribution in [2.24, 2.45) is 0 Å². The van der Waals surface area contributed by atoms with Crippen LogP contribution in [0.1, 0.15) is 32.1 Å². The molecule has 0 aromatic heterocycles. The average Bonchev–Trinajstić information content (AvgIpc) is 3.10. The second kappa shape index (κ2) is 8.49. The Kier molecular flexibility index (Phi) is 6.10. The molecule has 1 saturated carbocycles. The van der Waals surface area contributed by atoms with E-state index in [2.05, 4.69) is 39.6 Å². The van der Waals surface area contributed by atoms with Gasteiger partial charge in [-0.3, -0.25) is 4.79 Å². The molecule has 0 bridgehead atoms. The highest BCUT2D eigenvalue weighted by atomic mass is 16.1. The molecule has 132 valence electrons. The normalized spacial score (nSPS) is 19.6. The van der Waals surface area contributed by atoms with E-state index in [1.54, 1.807) is 0 Å². The lowest BCUT2D eigenvalue weighted by atomic mass is 10.2. The third kappa shape index (κ3) is 4.95. The number of likely N-dealkylation sites (N-methyl/N-ethyl adjacent to an activating group) is 1. The zero-order valence-corrected chi connectivity index (χ0v) is 14.8. The number of hydrogen-bond acceptors (Lipinski definition) is 4. The Labute approximate surface area is 145 Å². The van der Waals surface area contributed by atoms with Crippen LogP contribution in [0, 0.1) is 0 Å². The maximum absolute atomic E-state index is 12.0. The fraction of sp³-hybridized carbons (Fsp3) is 0.632. The highest BCUT2D eigenvalue weighted by Gasteiger charge is 2.15. The van der Waals surface area contributed by atoms with Crippen LogP contribution in [0.5, 0.6) is 0 Å². The van der Waals surface area contributed by atoms with E-state index in [1.807, 2.05) is 12.1 Å². The van der Waals surface area contributed by atoms with Crippen LogP contribution in [-0.2, 0) is 4.79 Å². The molecule has 24 heavy (non-hydrogen) atoms. The van der Waals surface area contributed by atoms with Crippen LogP contribution in [0.4, 0.5) is 11.4 Å². The molecule has 0 unspecified atom stereocenters. The van der Waals surface area contributed by atoms with Crippen LogP contribution in [0.3, 0.4) is 0 Å². The van der Waals surface area contributed by atoms with E-state index in [0.717, 1.165) is 38.4 Å². The standard InChI is InChI=1S/C19H30N4O/c1-22-12-14-23(15-13-22)18-8-6-17(7-9-18)21-19(24)10-11-20-16-4-2-3-5-16/h6-9,16,20H,2-5,10-15H2,1H3,(H,21,24). The van der Waals surface area contributed by atoms with E-state index in [0.29, 0.717) is 12.5 Å². The molecule has 1 aliphatic carbocycles. The molecule has 1 aliphatic heterocycles. The molecular weight excluding hydrogens is 300 g/mol. The summed E-state index contributed by atoms with van der Waals surface area (Å²) in [5.41, 5.74) is 2.13. The van der Waals surface area contributed by atoms with Crippen LogP contribution in [0.25, 0.3) is 0 Å². The van der Waals surface area contributed by atoms with Gasteiger partial charge in [-0.2, -0.15) is 0 Å². The SMILES string of the molecule is CN1CCN(c2ccc(NC(=O)CCNC3CCCC3)cc2)CC1. The highest BCUT2D eigenvalue weighted by Crippen LogP contribution is 2.20. The van der Waals surface area contributed by atoms with Gasteiger partial charge in [0.1, 0.15) is 0 Å². The van der Waals surface area contributed by atoms with Gasteiger partial charge < -0.3 is 20.4 Å². The quantitative estimate of drug-likeness (QED) is 0.840. The van der Waals surface area contributed by atoms with Gasteiger partial charge in [-0.1, -0.05) is 12.8 Å². The van der Waals surface area contributed by atoms with Crippen LogP contribution >= 0.6 is 0 Å². The van der Waals surface area contributed by atoms with Crippen LogP contribution in [-0.4, -0.2) is 56.6 Å². The zero-order valence-electron chi connectivity index (χ0n) is 14.8. The van der Waals surface area contributed by atoms with Crippen molar-refractivity contribution in [2.75, 3.05) is 50.0 Å². The molecule has 0 atom stereocenters. The number of carbonyl (C=O) groups is 1. The van der Waals surface area contributed by atoms with Crippen molar-refractivity contribution in [1.29, 1.82) is 0 Å². The van der Waals surface area contributed by atoms with E-state index in [4.69, 9.17) is 0 Å². The predicted molar refractivity (Wildman–Crippen MR) is 99.7 cm³/mol. The van der Waals surface area contributed by atoms with Gasteiger partial charge in [-0.15, -0.1) is 0 Å². The number of amides is 1. The first-order chi connectivity index (χ1) is 11.7. The highest BCUT2D eigenvalue weighted by molar-refractivity contribution is 5.91. The first-order valence-corrected chi connectivity index (χ1v) is 9.27. The number of piperazine rings is 1. The number of anilines is 2. The van der Waals surface area contributed by atoms with Gasteiger partial charge in [0.15, 0.2) is 0 Å². The summed E-state index contributed by atoms with van der Waals surface area (Å²) in [6.45, 7) is 5.11. The molecule has 5 heteroatoms. The Balaban J connectivity index is 1.41. The molecule has 0 radical (unpaired) electrons. The Morgan fingerprint density at radius 1 is 1.08 bits per heavy atom. The molecule has 2 fully saturated rings. The Morgan fingerprint density at radius 2 is 1.75 bits per heavy atom. The van der Waals surface area contributed by atoms with Crippen molar-refractivity contribution < 1.29 is 4.79 Å². The number of nitrogens with zero attached hydrogens (tertiary/aromatic N) is 2. The van der Waals surface area contributed by atoms with Gasteiger partial charge >= 0.3 is 0 Å². The molecule has 5 nitrogen and oxygen atoms in total. The Bertz CT molecular complexity index is 517. The summed E-state index contributed by atoms with van der Waals surface area (Å²) >= 11 is 0. The monoisotopic (exact) mass is 330 g/mol. The number of hydrogen-bond donors (Lipinski definition) is 2. The average molecular weight is 330 g/mol. The largest absolute Gasteiger partial charge is 0.369 e. The lowest BCUT2D eigenvalue weighted by Crippen LogP contribution is -2.44. The summed E-state index contributed by atoms with van der Waals surface area (Å²) in [5, 5.41) is 6.48. The predicted octanol–water partition coefficient (Wildman–Crippen LogP) is 2.30. The van der Waals surface area contributed by atoms with Crippen molar-refractivity contribution in [3.8, 4) is 0 Å². The minimum Gasteiger partial charge on any atom is -0.369 e. The summed E-state index contributed by atoms with van der Waals surface area (Å²) in [6, 6.07) is 8.86. The van der Waals surface area contributed by atoms with Crippen molar-refractivity contribution in [1.82, 2.24) is 10.2 Å². The smallest absolute Gasteiger partial charge is 0.225 e. The van der Waals surface area contributed by atoms with E-state index in [1.165, 1.54) is 31.4 Å². The number of nitrogens with one attached hydrogen (secondary N) is 2. The van der Waals surface area contributed by atoms with E-state index >= 15 is 0 Å². The molecule has 1 aromatic rings. The third-order valence-electron chi connectivity index (χ3n) is 5.16. The second-order valence-corrected chi connectivity index (χ2v) is 7.07. The van der Waals surface area contributed by atoms with E-state index in [9.17, 15) is 4.79 Å². The van der Waals surface area contributed by atoms with Crippen LogP contribution in [0.2, 0.25) is 0 Å². The molecule has 2 aliphatic rings. The maximum Gasteiger partial charge on any atom is 0.225 e. The van der Waals surface area contributed by atoms with Crippen molar-refractivity contribution >= 4 is 17.3 Å². The molecular formula is C19H30N4O. The summed E-state index contributed by atoms with van der Waals surface area (Å²) < 4.78 is 0. The first-order valence-electron chi connectivity index (χ1n) is 9.27. The molecule has 2 N–H and O–H groups in total. The maximum atomic E-state index is 12.0. The summed E-state index contributed by atoms with van der Waals surface area (Å²) in [5.74, 6) is 0.0906. The van der Waals surface area contributed by atoms with Crippen molar-refractivity contribution in [3.63, 3.8) is 0 Å².